The molecule has 0 spiro atoms. The first-order valence-corrected chi connectivity index (χ1v) is 10.4. The minimum Gasteiger partial charge on any atom is -0.349 e. The van der Waals surface area contributed by atoms with Gasteiger partial charge in [0.2, 0.25) is 0 Å². The summed E-state index contributed by atoms with van der Waals surface area (Å²) >= 11 is 11.7. The Hall–Kier alpha value is -0.340. The third-order valence-corrected chi connectivity index (χ3v) is 5.49. The maximum absolute atomic E-state index is 12.1. The first kappa shape index (κ1) is 18.7. The van der Waals surface area contributed by atoms with Gasteiger partial charge in [0, 0.05) is 39.5 Å². The molecule has 0 fully saturated rings. The van der Waals surface area contributed by atoms with E-state index in [1.54, 1.807) is 6.92 Å². The molecule has 0 bridgehead atoms. The van der Waals surface area contributed by atoms with Crippen LogP contribution in [0.3, 0.4) is 0 Å². The first-order valence-electron chi connectivity index (χ1n) is 5.57. The van der Waals surface area contributed by atoms with Crippen LogP contribution in [0, 0.1) is 0 Å². The van der Waals surface area contributed by atoms with Crippen LogP contribution in [0.4, 0.5) is 0 Å². The van der Waals surface area contributed by atoms with E-state index in [0.29, 0.717) is 0 Å². The van der Waals surface area contributed by atoms with E-state index in [0.717, 1.165) is 12.1 Å². The van der Waals surface area contributed by atoms with Gasteiger partial charge in [0.15, 0.2) is 0 Å². The Kier molecular flexibility index (Phi) is 6.49. The molecule has 0 radical (unpaired) electrons. The lowest BCUT2D eigenvalue weighted by Gasteiger charge is -2.14. The normalized spacial score (nSPS) is 14.5. The van der Waals surface area contributed by atoms with E-state index < -0.39 is 25.8 Å². The number of nitrogens with one attached hydrogen (secondary N) is 1. The molecule has 0 saturated carbocycles. The Morgan fingerprint density at radius 1 is 1.38 bits per heavy atom. The minimum atomic E-state index is -4.05. The monoisotopic (exact) mass is 391 g/mol. The summed E-state index contributed by atoms with van der Waals surface area (Å²) in [5.41, 5.74) is -0.114. The lowest BCUT2D eigenvalue weighted by molar-refractivity contribution is 0.0943. The molecule has 0 aliphatic carbocycles. The fourth-order valence-electron chi connectivity index (χ4n) is 1.57. The van der Waals surface area contributed by atoms with Gasteiger partial charge in [-0.05, 0) is 19.1 Å². The minimum absolute atomic E-state index is 0.0805. The van der Waals surface area contributed by atoms with Crippen LogP contribution in [0.15, 0.2) is 17.0 Å². The Morgan fingerprint density at radius 3 is 2.43 bits per heavy atom. The predicted molar refractivity (Wildman–Crippen MR) is 85.4 cm³/mol. The molecule has 0 heterocycles. The van der Waals surface area contributed by atoms with E-state index in [2.05, 4.69) is 5.32 Å². The average molecular weight is 393 g/mol. The molecule has 1 aromatic carbocycles. The fourth-order valence-corrected chi connectivity index (χ4v) is 3.62. The van der Waals surface area contributed by atoms with Gasteiger partial charge in [-0.2, -0.15) is 0 Å². The molecule has 0 aromatic heterocycles. The van der Waals surface area contributed by atoms with Gasteiger partial charge in [-0.1, -0.05) is 23.2 Å². The van der Waals surface area contributed by atoms with Crippen molar-refractivity contribution in [3.05, 3.63) is 27.7 Å². The molecule has 118 valence electrons. The highest BCUT2D eigenvalue weighted by Crippen LogP contribution is 2.30. The lowest BCUT2D eigenvalue weighted by Crippen LogP contribution is -2.36. The van der Waals surface area contributed by atoms with E-state index >= 15 is 0 Å². The second-order valence-electron chi connectivity index (χ2n) is 4.32. The van der Waals surface area contributed by atoms with Gasteiger partial charge in [-0.3, -0.25) is 9.00 Å². The molecule has 21 heavy (non-hydrogen) atoms. The highest BCUT2D eigenvalue weighted by Gasteiger charge is 2.21. The van der Waals surface area contributed by atoms with Crippen LogP contribution in [-0.4, -0.2) is 36.6 Å². The van der Waals surface area contributed by atoms with Gasteiger partial charge in [-0.25, -0.2) is 8.42 Å². The zero-order chi connectivity index (χ0) is 16.4. The Bertz CT molecular complexity index is 691. The molecule has 0 saturated heterocycles. The lowest BCUT2D eigenvalue weighted by atomic mass is 10.2. The van der Waals surface area contributed by atoms with Crippen molar-refractivity contribution in [3.8, 4) is 0 Å². The van der Waals surface area contributed by atoms with Crippen LogP contribution >= 0.6 is 33.9 Å². The number of hydrogen-bond acceptors (Lipinski definition) is 4. The number of amides is 1. The molecule has 0 aliphatic rings. The third-order valence-electron chi connectivity index (χ3n) is 2.39. The predicted octanol–water partition coefficient (Wildman–Crippen LogP) is 2.42. The molecule has 2 atom stereocenters. The molecule has 1 amide bonds. The standard InChI is InChI=1S/C11H12Cl3NO4S2/c1-6(5-20(2)17)15-11(16)8-3-7(21(14,18)19)4-9(12)10(8)13/h3-4,6H,5H2,1-2H3,(H,15,16). The van der Waals surface area contributed by atoms with E-state index in [4.69, 9.17) is 33.9 Å². The second kappa shape index (κ2) is 7.28. The second-order valence-corrected chi connectivity index (χ2v) is 9.15. The zero-order valence-electron chi connectivity index (χ0n) is 11.0. The summed E-state index contributed by atoms with van der Waals surface area (Å²) in [7, 11) is 0.100. The Labute approximate surface area is 139 Å². The van der Waals surface area contributed by atoms with Crippen molar-refractivity contribution in [2.24, 2.45) is 0 Å². The van der Waals surface area contributed by atoms with Crippen molar-refractivity contribution in [3.63, 3.8) is 0 Å². The SMILES string of the molecule is CC(CS(C)=O)NC(=O)c1cc(S(=O)(=O)Cl)cc(Cl)c1Cl. The number of carbonyl (C=O) groups is 1. The fraction of sp³-hybridized carbons (Fsp3) is 0.364. The molecular weight excluding hydrogens is 381 g/mol. The molecule has 5 nitrogen and oxygen atoms in total. The summed E-state index contributed by atoms with van der Waals surface area (Å²) in [4.78, 5) is 11.8. The number of halogens is 3. The number of carbonyl (C=O) groups excluding carboxylic acids is 1. The average Bonchev–Trinajstić information content (AvgIpc) is 2.29. The quantitative estimate of drug-likeness (QED) is 0.780. The smallest absolute Gasteiger partial charge is 0.261 e. The van der Waals surface area contributed by atoms with E-state index in [9.17, 15) is 17.4 Å². The van der Waals surface area contributed by atoms with Crippen molar-refractivity contribution < 1.29 is 17.4 Å². The molecular formula is C11H12Cl3NO4S2. The van der Waals surface area contributed by atoms with Crippen molar-refractivity contribution in [1.29, 1.82) is 0 Å². The summed E-state index contributed by atoms with van der Waals surface area (Å²) in [5.74, 6) is -0.369. The van der Waals surface area contributed by atoms with Crippen LogP contribution in [0.5, 0.6) is 0 Å². The van der Waals surface area contributed by atoms with Crippen LogP contribution in [0.25, 0.3) is 0 Å². The van der Waals surface area contributed by atoms with Crippen LogP contribution in [0.2, 0.25) is 10.0 Å². The van der Waals surface area contributed by atoms with Crippen molar-refractivity contribution in [2.75, 3.05) is 12.0 Å². The van der Waals surface area contributed by atoms with Gasteiger partial charge < -0.3 is 5.32 Å². The van der Waals surface area contributed by atoms with Crippen molar-refractivity contribution in [2.45, 2.75) is 17.9 Å². The van der Waals surface area contributed by atoms with Crippen LogP contribution < -0.4 is 5.32 Å². The number of hydrogen-bond donors (Lipinski definition) is 1. The summed E-state index contributed by atoms with van der Waals surface area (Å²) in [6.07, 6.45) is 1.51. The van der Waals surface area contributed by atoms with E-state index in [-0.39, 0.29) is 32.3 Å². The Morgan fingerprint density at radius 2 is 1.95 bits per heavy atom. The van der Waals surface area contributed by atoms with Crippen LogP contribution in [-0.2, 0) is 19.9 Å². The molecule has 10 heteroatoms. The summed E-state index contributed by atoms with van der Waals surface area (Å²) in [6.45, 7) is 1.66. The maximum Gasteiger partial charge on any atom is 0.261 e. The molecule has 1 rings (SSSR count). The summed E-state index contributed by atoms with van der Waals surface area (Å²) in [6, 6.07) is 1.73. The molecule has 1 N–H and O–H groups in total. The highest BCUT2D eigenvalue weighted by atomic mass is 35.7. The van der Waals surface area contributed by atoms with Gasteiger partial charge >= 0.3 is 0 Å². The molecule has 1 aromatic rings. The van der Waals surface area contributed by atoms with Gasteiger partial charge in [0.25, 0.3) is 15.0 Å². The topological polar surface area (TPSA) is 80.3 Å². The van der Waals surface area contributed by atoms with Gasteiger partial charge in [0.1, 0.15) is 0 Å². The number of rotatable bonds is 5. The molecule has 2 unspecified atom stereocenters. The summed E-state index contributed by atoms with van der Waals surface area (Å²) < 4.78 is 33.8. The maximum atomic E-state index is 12.1. The zero-order valence-corrected chi connectivity index (χ0v) is 14.9. The Balaban J connectivity index is 3.15. The van der Waals surface area contributed by atoms with Gasteiger partial charge in [0.05, 0.1) is 20.5 Å². The van der Waals surface area contributed by atoms with Crippen molar-refractivity contribution in [1.82, 2.24) is 5.32 Å². The summed E-state index contributed by atoms with van der Waals surface area (Å²) in [5, 5.41) is 2.38. The highest BCUT2D eigenvalue weighted by molar-refractivity contribution is 8.13. The van der Waals surface area contributed by atoms with Crippen LogP contribution in [0.1, 0.15) is 17.3 Å². The molecule has 0 aliphatic heterocycles. The number of benzene rings is 1. The van der Waals surface area contributed by atoms with Gasteiger partial charge in [-0.15, -0.1) is 0 Å². The largest absolute Gasteiger partial charge is 0.349 e. The van der Waals surface area contributed by atoms with E-state index in [1.807, 2.05) is 0 Å². The first-order chi connectivity index (χ1) is 9.52. The van der Waals surface area contributed by atoms with E-state index in [1.165, 1.54) is 6.26 Å². The third kappa shape index (κ3) is 5.41. The van der Waals surface area contributed by atoms with Crippen molar-refractivity contribution >= 4 is 59.6 Å².